The van der Waals surface area contributed by atoms with Crippen LogP contribution in [0.15, 0.2) is 48.5 Å². The zero-order chi connectivity index (χ0) is 19.4. The first-order valence-corrected chi connectivity index (χ1v) is 9.63. The van der Waals surface area contributed by atoms with Crippen LogP contribution < -0.4 is 5.32 Å². The molecule has 1 heterocycles. The van der Waals surface area contributed by atoms with E-state index in [2.05, 4.69) is 19.2 Å². The molecule has 0 saturated heterocycles. The van der Waals surface area contributed by atoms with Crippen LogP contribution in [0.3, 0.4) is 0 Å². The Labute approximate surface area is 164 Å². The zero-order valence-corrected chi connectivity index (χ0v) is 16.5. The van der Waals surface area contributed by atoms with Crippen LogP contribution in [-0.2, 0) is 13.1 Å². The lowest BCUT2D eigenvalue weighted by atomic mass is 10.1. The largest absolute Gasteiger partial charge is 0.477 e. The highest BCUT2D eigenvalue weighted by atomic mass is 35.5. The van der Waals surface area contributed by atoms with Crippen molar-refractivity contribution in [3.63, 3.8) is 0 Å². The van der Waals surface area contributed by atoms with Crippen molar-refractivity contribution in [3.8, 4) is 0 Å². The zero-order valence-electron chi connectivity index (χ0n) is 15.7. The van der Waals surface area contributed by atoms with Crippen molar-refractivity contribution in [2.24, 2.45) is 5.92 Å². The average Bonchev–Trinajstić information content (AvgIpc) is 2.93. The van der Waals surface area contributed by atoms with E-state index in [-0.39, 0.29) is 0 Å². The number of hydrogen-bond acceptors (Lipinski definition) is 2. The first kappa shape index (κ1) is 19.5. The van der Waals surface area contributed by atoms with Gasteiger partial charge in [-0.25, -0.2) is 4.79 Å². The minimum atomic E-state index is -0.908. The molecule has 2 N–H and O–H groups in total. The molecule has 3 aromatic rings. The predicted octanol–water partition coefficient (Wildman–Crippen LogP) is 5.18. The number of hydrogen-bond donors (Lipinski definition) is 2. The summed E-state index contributed by atoms with van der Waals surface area (Å²) in [5.74, 6) is -0.297. The Morgan fingerprint density at radius 2 is 1.96 bits per heavy atom. The summed E-state index contributed by atoms with van der Waals surface area (Å²) in [6.45, 7) is 6.24. The number of fused-ring (bicyclic) bond motifs is 1. The minimum Gasteiger partial charge on any atom is -0.477 e. The first-order valence-electron chi connectivity index (χ1n) is 9.26. The molecule has 27 heavy (non-hydrogen) atoms. The number of carboxylic acids is 1. The third-order valence-electron chi connectivity index (χ3n) is 4.71. The van der Waals surface area contributed by atoms with Crippen LogP contribution in [0.2, 0.25) is 5.02 Å². The number of nitrogens with one attached hydrogen (secondary N) is 1. The molecule has 0 amide bonds. The highest BCUT2D eigenvalue weighted by Gasteiger charge is 2.22. The monoisotopic (exact) mass is 384 g/mol. The molecule has 0 aliphatic rings. The Morgan fingerprint density at radius 1 is 1.19 bits per heavy atom. The molecule has 0 unspecified atom stereocenters. The minimum absolute atomic E-state index is 0.341. The maximum atomic E-state index is 12.1. The second kappa shape index (κ2) is 8.59. The number of carboxylic acid groups (broad SMARTS) is 1. The molecule has 1 aromatic heterocycles. The van der Waals surface area contributed by atoms with E-state index in [0.717, 1.165) is 35.0 Å². The lowest BCUT2D eigenvalue weighted by Crippen LogP contribution is -2.19. The Morgan fingerprint density at radius 3 is 2.67 bits per heavy atom. The molecule has 2 aromatic carbocycles. The van der Waals surface area contributed by atoms with E-state index in [9.17, 15) is 9.90 Å². The van der Waals surface area contributed by atoms with Gasteiger partial charge in [-0.2, -0.15) is 0 Å². The van der Waals surface area contributed by atoms with Crippen molar-refractivity contribution in [1.82, 2.24) is 9.88 Å². The Kier molecular flexibility index (Phi) is 6.19. The van der Waals surface area contributed by atoms with Gasteiger partial charge in [0.1, 0.15) is 5.69 Å². The van der Waals surface area contributed by atoms with Crippen LogP contribution in [0.25, 0.3) is 10.9 Å². The number of halogens is 1. The van der Waals surface area contributed by atoms with Crippen LogP contribution in [0.4, 0.5) is 0 Å². The highest BCUT2D eigenvalue weighted by Crippen LogP contribution is 2.28. The van der Waals surface area contributed by atoms with Gasteiger partial charge in [0.15, 0.2) is 0 Å². The fourth-order valence-corrected chi connectivity index (χ4v) is 3.60. The molecular weight excluding hydrogens is 360 g/mol. The number of nitrogens with zero attached hydrogens (tertiary/aromatic N) is 1. The molecule has 0 aliphatic carbocycles. The molecule has 3 rings (SSSR count). The van der Waals surface area contributed by atoms with Gasteiger partial charge >= 0.3 is 5.97 Å². The molecule has 0 radical (unpaired) electrons. The summed E-state index contributed by atoms with van der Waals surface area (Å²) in [6, 6.07) is 15.4. The number of carbonyl (C=O) groups is 1. The van der Waals surface area contributed by atoms with Crippen molar-refractivity contribution in [2.45, 2.75) is 33.4 Å². The number of benzene rings is 2. The van der Waals surface area contributed by atoms with E-state index in [1.54, 1.807) is 0 Å². The summed E-state index contributed by atoms with van der Waals surface area (Å²) in [4.78, 5) is 12.1. The van der Waals surface area contributed by atoms with Crippen LogP contribution >= 0.6 is 11.6 Å². The molecule has 0 spiro atoms. The molecule has 5 heteroatoms. The van der Waals surface area contributed by atoms with Crippen LogP contribution in [0.5, 0.6) is 0 Å². The van der Waals surface area contributed by atoms with Gasteiger partial charge in [-0.15, -0.1) is 0 Å². The van der Waals surface area contributed by atoms with Crippen LogP contribution in [0, 0.1) is 5.92 Å². The summed E-state index contributed by atoms with van der Waals surface area (Å²) < 4.78 is 1.88. The fraction of sp³-hybridized carbons (Fsp3) is 0.318. The molecular formula is C22H25ClN2O2. The van der Waals surface area contributed by atoms with E-state index >= 15 is 0 Å². The normalized spacial score (nSPS) is 11.4. The van der Waals surface area contributed by atoms with Gasteiger partial charge in [-0.3, -0.25) is 0 Å². The van der Waals surface area contributed by atoms with Crippen LogP contribution in [0.1, 0.15) is 41.9 Å². The number of rotatable bonds is 8. The summed E-state index contributed by atoms with van der Waals surface area (Å²) in [6.07, 6.45) is 1.06. The van der Waals surface area contributed by atoms with Gasteiger partial charge in [0.05, 0.1) is 0 Å². The standard InChI is InChI=1S/C22H25ClN2O2/c1-15(2)10-11-24-13-19-18-8-3-4-9-20(18)25(21(19)22(26)27)14-16-6-5-7-17(23)12-16/h3-9,12,15,24H,10-11,13-14H2,1-2H3,(H,26,27). The number of para-hydroxylation sites is 1. The van der Waals surface area contributed by atoms with Gasteiger partial charge in [-0.05, 0) is 42.6 Å². The molecule has 142 valence electrons. The summed E-state index contributed by atoms with van der Waals surface area (Å²) in [5, 5.41) is 15.0. The maximum absolute atomic E-state index is 12.1. The first-order chi connectivity index (χ1) is 13.0. The maximum Gasteiger partial charge on any atom is 0.352 e. The molecule has 0 atom stereocenters. The second-order valence-corrected chi connectivity index (χ2v) is 7.66. The topological polar surface area (TPSA) is 54.3 Å². The molecule has 0 aliphatic heterocycles. The van der Waals surface area contributed by atoms with Crippen molar-refractivity contribution >= 4 is 28.5 Å². The Hall–Kier alpha value is -2.30. The quantitative estimate of drug-likeness (QED) is 0.526. The summed E-state index contributed by atoms with van der Waals surface area (Å²) in [5.41, 5.74) is 3.08. The lowest BCUT2D eigenvalue weighted by molar-refractivity contribution is 0.0684. The fourth-order valence-electron chi connectivity index (χ4n) is 3.38. The predicted molar refractivity (Wildman–Crippen MR) is 111 cm³/mol. The molecule has 0 saturated carbocycles. The Balaban J connectivity index is 2.01. The Bertz CT molecular complexity index is 947. The third-order valence-corrected chi connectivity index (χ3v) is 4.94. The van der Waals surface area contributed by atoms with Gasteiger partial charge in [-0.1, -0.05) is 55.8 Å². The summed E-state index contributed by atoms with van der Waals surface area (Å²) in [7, 11) is 0. The van der Waals surface area contributed by atoms with Crippen molar-refractivity contribution in [2.75, 3.05) is 6.54 Å². The van der Waals surface area contributed by atoms with Crippen molar-refractivity contribution in [3.05, 3.63) is 70.4 Å². The SMILES string of the molecule is CC(C)CCNCc1c(C(=O)O)n(Cc2cccc(Cl)c2)c2ccccc12. The van der Waals surface area contributed by atoms with E-state index in [4.69, 9.17) is 11.6 Å². The number of aromatic carboxylic acids is 1. The van der Waals surface area contributed by atoms with Gasteiger partial charge in [0.2, 0.25) is 0 Å². The van der Waals surface area contributed by atoms with E-state index < -0.39 is 5.97 Å². The summed E-state index contributed by atoms with van der Waals surface area (Å²) >= 11 is 6.11. The van der Waals surface area contributed by atoms with Gasteiger partial charge in [0.25, 0.3) is 0 Å². The van der Waals surface area contributed by atoms with Gasteiger partial charge in [0, 0.05) is 34.6 Å². The molecule has 0 bridgehead atoms. The number of aromatic nitrogens is 1. The smallest absolute Gasteiger partial charge is 0.352 e. The van der Waals surface area contributed by atoms with E-state index in [1.165, 1.54) is 0 Å². The van der Waals surface area contributed by atoms with Crippen molar-refractivity contribution < 1.29 is 9.90 Å². The average molecular weight is 385 g/mol. The van der Waals surface area contributed by atoms with Crippen molar-refractivity contribution in [1.29, 1.82) is 0 Å². The van der Waals surface area contributed by atoms with E-state index in [0.29, 0.717) is 29.7 Å². The second-order valence-electron chi connectivity index (χ2n) is 7.22. The van der Waals surface area contributed by atoms with Crippen LogP contribution in [-0.4, -0.2) is 22.2 Å². The van der Waals surface area contributed by atoms with Gasteiger partial charge < -0.3 is 15.0 Å². The third kappa shape index (κ3) is 4.52. The lowest BCUT2D eigenvalue weighted by Gasteiger charge is -2.11. The van der Waals surface area contributed by atoms with E-state index in [1.807, 2.05) is 53.1 Å². The molecule has 4 nitrogen and oxygen atoms in total. The highest BCUT2D eigenvalue weighted by molar-refractivity contribution is 6.30. The molecule has 0 fully saturated rings.